The highest BCUT2D eigenvalue weighted by Gasteiger charge is 2.19. The van der Waals surface area contributed by atoms with Gasteiger partial charge in [-0.2, -0.15) is 0 Å². The average Bonchev–Trinajstić information content (AvgIpc) is 2.61. The van der Waals surface area contributed by atoms with Crippen molar-refractivity contribution in [2.75, 3.05) is 33.3 Å². The molecule has 27 heavy (non-hydrogen) atoms. The van der Waals surface area contributed by atoms with Gasteiger partial charge in [-0.15, -0.1) is 24.0 Å². The number of rotatable bonds is 7. The van der Waals surface area contributed by atoms with Gasteiger partial charge in [0.1, 0.15) is 5.75 Å². The maximum atomic E-state index is 6.03. The highest BCUT2D eigenvalue weighted by atomic mass is 127. The maximum absolute atomic E-state index is 6.03. The van der Waals surface area contributed by atoms with Crippen LogP contribution in [0.3, 0.4) is 0 Å². The fourth-order valence-electron chi connectivity index (χ4n) is 3.14. The van der Waals surface area contributed by atoms with E-state index in [2.05, 4.69) is 36.0 Å². The van der Waals surface area contributed by atoms with Crippen molar-refractivity contribution in [3.63, 3.8) is 0 Å². The second-order valence-corrected chi connectivity index (χ2v) is 7.24. The average molecular weight is 507 g/mol. The van der Waals surface area contributed by atoms with Crippen LogP contribution in [-0.4, -0.2) is 50.2 Å². The SMILES string of the molecule is C=C(C)CN1CCC(NC(=NCc2ccc(Cl)cc2OC)NCC)CC1.I. The fraction of sp³-hybridized carbons (Fsp3) is 0.550. The first kappa shape index (κ1) is 24.0. The second-order valence-electron chi connectivity index (χ2n) is 6.80. The van der Waals surface area contributed by atoms with Crippen molar-refractivity contribution in [2.45, 2.75) is 39.3 Å². The molecular formula is C20H32ClIN4O. The molecule has 1 saturated heterocycles. The number of likely N-dealkylation sites (tertiary alicyclic amines) is 1. The minimum atomic E-state index is 0. The van der Waals surface area contributed by atoms with E-state index in [0.29, 0.717) is 17.6 Å². The smallest absolute Gasteiger partial charge is 0.191 e. The summed E-state index contributed by atoms with van der Waals surface area (Å²) in [4.78, 5) is 7.19. The van der Waals surface area contributed by atoms with E-state index in [1.54, 1.807) is 7.11 Å². The van der Waals surface area contributed by atoms with Crippen LogP contribution in [0.1, 0.15) is 32.3 Å². The molecule has 1 aromatic carbocycles. The number of guanidine groups is 1. The Balaban J connectivity index is 0.00000364. The number of nitrogens with zero attached hydrogens (tertiary/aromatic N) is 2. The molecule has 152 valence electrons. The van der Waals surface area contributed by atoms with Crippen LogP contribution in [0, 0.1) is 0 Å². The van der Waals surface area contributed by atoms with E-state index in [1.165, 1.54) is 5.57 Å². The van der Waals surface area contributed by atoms with Crippen LogP contribution in [-0.2, 0) is 6.54 Å². The first-order valence-corrected chi connectivity index (χ1v) is 9.63. The predicted molar refractivity (Wildman–Crippen MR) is 126 cm³/mol. The van der Waals surface area contributed by atoms with E-state index in [4.69, 9.17) is 21.3 Å². The van der Waals surface area contributed by atoms with Crippen LogP contribution in [0.15, 0.2) is 35.3 Å². The predicted octanol–water partition coefficient (Wildman–Crippen LogP) is 4.06. The highest BCUT2D eigenvalue weighted by molar-refractivity contribution is 14.0. The third-order valence-corrected chi connectivity index (χ3v) is 4.66. The lowest BCUT2D eigenvalue weighted by Gasteiger charge is -2.33. The van der Waals surface area contributed by atoms with Gasteiger partial charge in [-0.3, -0.25) is 4.90 Å². The Morgan fingerprint density at radius 1 is 1.37 bits per heavy atom. The summed E-state index contributed by atoms with van der Waals surface area (Å²) in [5.74, 6) is 1.62. The molecule has 0 aliphatic carbocycles. The Bertz CT molecular complexity index is 630. The van der Waals surface area contributed by atoms with Gasteiger partial charge in [0, 0.05) is 42.8 Å². The Morgan fingerprint density at radius 2 is 2.07 bits per heavy atom. The molecule has 1 fully saturated rings. The molecule has 5 nitrogen and oxygen atoms in total. The lowest BCUT2D eigenvalue weighted by atomic mass is 10.0. The van der Waals surface area contributed by atoms with Gasteiger partial charge in [-0.25, -0.2) is 4.99 Å². The third kappa shape index (κ3) is 8.27. The van der Waals surface area contributed by atoms with Gasteiger partial charge >= 0.3 is 0 Å². The van der Waals surface area contributed by atoms with Gasteiger partial charge in [-0.1, -0.05) is 29.8 Å². The standard InChI is InChI=1S/C20H31ClN4O.HI/c1-5-22-20(23-13-16-6-7-17(21)12-19(16)26-4)24-18-8-10-25(11-9-18)14-15(2)3;/h6-7,12,18H,2,5,8-11,13-14H2,1,3-4H3,(H2,22,23,24);1H. The first-order valence-electron chi connectivity index (χ1n) is 9.25. The number of aliphatic imine (C=N–C) groups is 1. The summed E-state index contributed by atoms with van der Waals surface area (Å²) in [6, 6.07) is 6.10. The molecule has 0 atom stereocenters. The molecule has 0 radical (unpaired) electrons. The zero-order valence-electron chi connectivity index (χ0n) is 16.6. The van der Waals surface area contributed by atoms with Crippen molar-refractivity contribution in [1.29, 1.82) is 0 Å². The van der Waals surface area contributed by atoms with Gasteiger partial charge in [-0.05, 0) is 38.8 Å². The minimum absolute atomic E-state index is 0. The Hall–Kier alpha value is -0.990. The van der Waals surface area contributed by atoms with Gasteiger partial charge in [0.25, 0.3) is 0 Å². The van der Waals surface area contributed by atoms with Gasteiger partial charge in [0.05, 0.1) is 13.7 Å². The van der Waals surface area contributed by atoms with Gasteiger partial charge < -0.3 is 15.4 Å². The van der Waals surface area contributed by atoms with E-state index in [-0.39, 0.29) is 24.0 Å². The number of ether oxygens (including phenoxy) is 1. The number of piperidine rings is 1. The number of hydrogen-bond acceptors (Lipinski definition) is 3. The van der Waals surface area contributed by atoms with E-state index in [0.717, 1.165) is 56.3 Å². The van der Waals surface area contributed by atoms with Gasteiger partial charge in [0.2, 0.25) is 0 Å². The molecule has 0 amide bonds. The molecule has 1 heterocycles. The Kier molecular flexibility index (Phi) is 11.1. The molecular weight excluding hydrogens is 475 g/mol. The van der Waals surface area contributed by atoms with Crippen molar-refractivity contribution < 1.29 is 4.74 Å². The van der Waals surface area contributed by atoms with Crippen LogP contribution in [0.5, 0.6) is 5.75 Å². The second kappa shape index (κ2) is 12.5. The maximum Gasteiger partial charge on any atom is 0.191 e. The molecule has 0 spiro atoms. The van der Waals surface area contributed by atoms with Crippen molar-refractivity contribution in [3.8, 4) is 5.75 Å². The van der Waals surface area contributed by atoms with Crippen molar-refractivity contribution in [3.05, 3.63) is 40.9 Å². The van der Waals surface area contributed by atoms with Crippen molar-refractivity contribution >= 4 is 41.5 Å². The van der Waals surface area contributed by atoms with Crippen LogP contribution >= 0.6 is 35.6 Å². The molecule has 1 aromatic rings. The molecule has 1 aliphatic rings. The largest absolute Gasteiger partial charge is 0.496 e. The van der Waals surface area contributed by atoms with Crippen LogP contribution in [0.25, 0.3) is 0 Å². The molecule has 0 bridgehead atoms. The lowest BCUT2D eigenvalue weighted by Crippen LogP contribution is -2.48. The number of nitrogens with one attached hydrogen (secondary N) is 2. The summed E-state index contributed by atoms with van der Waals surface area (Å²) in [6.07, 6.45) is 2.23. The first-order chi connectivity index (χ1) is 12.5. The monoisotopic (exact) mass is 506 g/mol. The van der Waals surface area contributed by atoms with Crippen LogP contribution < -0.4 is 15.4 Å². The highest BCUT2D eigenvalue weighted by Crippen LogP contribution is 2.23. The molecule has 1 aliphatic heterocycles. The molecule has 0 unspecified atom stereocenters. The van der Waals surface area contributed by atoms with Crippen LogP contribution in [0.2, 0.25) is 5.02 Å². The summed E-state index contributed by atoms with van der Waals surface area (Å²) in [6.45, 7) is 12.7. The fourth-order valence-corrected chi connectivity index (χ4v) is 3.31. The number of hydrogen-bond donors (Lipinski definition) is 2. The number of halogens is 2. The molecule has 2 N–H and O–H groups in total. The topological polar surface area (TPSA) is 48.9 Å². The van der Waals surface area contributed by atoms with E-state index < -0.39 is 0 Å². The summed E-state index contributed by atoms with van der Waals surface area (Å²) in [7, 11) is 1.65. The zero-order chi connectivity index (χ0) is 18.9. The normalized spacial score (nSPS) is 15.8. The van der Waals surface area contributed by atoms with Crippen molar-refractivity contribution in [1.82, 2.24) is 15.5 Å². The minimum Gasteiger partial charge on any atom is -0.496 e. The molecule has 0 aromatic heterocycles. The van der Waals surface area contributed by atoms with Crippen LogP contribution in [0.4, 0.5) is 0 Å². The van der Waals surface area contributed by atoms with E-state index in [1.807, 2.05) is 18.2 Å². The van der Waals surface area contributed by atoms with E-state index in [9.17, 15) is 0 Å². The molecule has 0 saturated carbocycles. The van der Waals surface area contributed by atoms with Gasteiger partial charge in [0.15, 0.2) is 5.96 Å². The summed E-state index contributed by atoms with van der Waals surface area (Å²) >= 11 is 6.03. The third-order valence-electron chi connectivity index (χ3n) is 4.42. The summed E-state index contributed by atoms with van der Waals surface area (Å²) < 4.78 is 5.40. The Labute approximate surface area is 185 Å². The van der Waals surface area contributed by atoms with Crippen molar-refractivity contribution in [2.24, 2.45) is 4.99 Å². The summed E-state index contributed by atoms with van der Waals surface area (Å²) in [5.41, 5.74) is 2.24. The number of methoxy groups -OCH3 is 1. The quantitative estimate of drug-likeness (QED) is 0.253. The number of benzene rings is 1. The summed E-state index contributed by atoms with van der Waals surface area (Å²) in [5, 5.41) is 7.58. The molecule has 2 rings (SSSR count). The Morgan fingerprint density at radius 3 is 2.67 bits per heavy atom. The molecule has 7 heteroatoms. The lowest BCUT2D eigenvalue weighted by molar-refractivity contribution is 0.221. The van der Waals surface area contributed by atoms with E-state index >= 15 is 0 Å². The zero-order valence-corrected chi connectivity index (χ0v) is 19.6.